The molecule has 2 heterocycles. The van der Waals surface area contributed by atoms with Gasteiger partial charge < -0.3 is 14.8 Å². The van der Waals surface area contributed by atoms with Crippen LogP contribution in [0.4, 0.5) is 0 Å². The van der Waals surface area contributed by atoms with Gasteiger partial charge in [-0.1, -0.05) is 23.7 Å². The van der Waals surface area contributed by atoms with E-state index in [0.29, 0.717) is 29.5 Å². The molecule has 0 radical (unpaired) electrons. The molecule has 20 heavy (non-hydrogen) atoms. The summed E-state index contributed by atoms with van der Waals surface area (Å²) in [4.78, 5) is 15.5. The van der Waals surface area contributed by atoms with E-state index in [1.54, 1.807) is 22.8 Å². The van der Waals surface area contributed by atoms with Crippen LogP contribution in [0.5, 0.6) is 0 Å². The summed E-state index contributed by atoms with van der Waals surface area (Å²) < 4.78 is 1.78. The van der Waals surface area contributed by atoms with Crippen molar-refractivity contribution < 1.29 is 15.0 Å². The maximum Gasteiger partial charge on any atom is 0.356 e. The number of fused-ring (bicyclic) bond motifs is 1. The summed E-state index contributed by atoms with van der Waals surface area (Å²) in [7, 11) is 0. The van der Waals surface area contributed by atoms with E-state index in [9.17, 15) is 15.0 Å². The Morgan fingerprint density at radius 1 is 1.45 bits per heavy atom. The van der Waals surface area contributed by atoms with Crippen molar-refractivity contribution in [1.82, 2.24) is 9.55 Å². The number of hydrogen-bond donors (Lipinski definition) is 2. The molecule has 1 aromatic carbocycles. The van der Waals surface area contributed by atoms with E-state index in [-0.39, 0.29) is 5.69 Å². The molecular weight excluding hydrogens is 280 g/mol. The maximum absolute atomic E-state index is 11.3. The molecule has 3 rings (SSSR count). The lowest BCUT2D eigenvalue weighted by Crippen LogP contribution is -2.18. The quantitative estimate of drug-likeness (QED) is 0.892. The Labute approximate surface area is 120 Å². The van der Waals surface area contributed by atoms with E-state index >= 15 is 0 Å². The molecule has 0 saturated heterocycles. The summed E-state index contributed by atoms with van der Waals surface area (Å²) in [6.07, 6.45) is 0.563. The number of aromatic carboxylic acids is 1. The van der Waals surface area contributed by atoms with Crippen molar-refractivity contribution in [2.24, 2.45) is 0 Å². The van der Waals surface area contributed by atoms with Gasteiger partial charge in [0.25, 0.3) is 0 Å². The summed E-state index contributed by atoms with van der Waals surface area (Å²) >= 11 is 5.97. The van der Waals surface area contributed by atoms with Crippen molar-refractivity contribution in [2.45, 2.75) is 25.5 Å². The van der Waals surface area contributed by atoms with Crippen LogP contribution < -0.4 is 0 Å². The molecule has 0 fully saturated rings. The first-order chi connectivity index (χ1) is 9.58. The van der Waals surface area contributed by atoms with Crippen molar-refractivity contribution in [3.8, 4) is 11.4 Å². The SMILES string of the molecule is O=C(O)c1nc(-c2cccc(Cl)c2)n2c1C(O)CCC2. The van der Waals surface area contributed by atoms with E-state index in [0.717, 1.165) is 12.0 Å². The van der Waals surface area contributed by atoms with Gasteiger partial charge in [0.05, 0.1) is 11.8 Å². The summed E-state index contributed by atoms with van der Waals surface area (Å²) in [5.74, 6) is -0.582. The number of hydrogen-bond acceptors (Lipinski definition) is 3. The zero-order chi connectivity index (χ0) is 14.3. The van der Waals surface area contributed by atoms with Crippen LogP contribution in [0, 0.1) is 0 Å². The number of nitrogens with zero attached hydrogens (tertiary/aromatic N) is 2. The van der Waals surface area contributed by atoms with Gasteiger partial charge >= 0.3 is 5.97 Å². The molecule has 0 aliphatic carbocycles. The second-order valence-electron chi connectivity index (χ2n) is 4.79. The lowest BCUT2D eigenvalue weighted by molar-refractivity contribution is 0.0677. The molecule has 5 nitrogen and oxygen atoms in total. The molecule has 1 aromatic heterocycles. The van der Waals surface area contributed by atoms with E-state index in [2.05, 4.69) is 4.98 Å². The van der Waals surface area contributed by atoms with Crippen molar-refractivity contribution in [3.05, 3.63) is 40.7 Å². The highest BCUT2D eigenvalue weighted by Gasteiger charge is 2.30. The van der Waals surface area contributed by atoms with E-state index < -0.39 is 12.1 Å². The number of imidazole rings is 1. The van der Waals surface area contributed by atoms with Gasteiger partial charge in [-0.05, 0) is 25.0 Å². The number of carboxylic acids is 1. The van der Waals surface area contributed by atoms with Crippen LogP contribution in [0.3, 0.4) is 0 Å². The molecule has 6 heteroatoms. The number of carbonyl (C=O) groups is 1. The van der Waals surface area contributed by atoms with Crippen molar-refractivity contribution in [2.75, 3.05) is 0 Å². The third-order valence-electron chi connectivity index (χ3n) is 3.47. The van der Waals surface area contributed by atoms with Crippen LogP contribution in [0.1, 0.15) is 35.1 Å². The largest absolute Gasteiger partial charge is 0.476 e. The Morgan fingerprint density at radius 3 is 2.95 bits per heavy atom. The van der Waals surface area contributed by atoms with Gasteiger partial charge in [-0.3, -0.25) is 0 Å². The average molecular weight is 293 g/mol. The zero-order valence-corrected chi connectivity index (χ0v) is 11.3. The number of aliphatic hydroxyl groups is 1. The number of benzene rings is 1. The molecule has 2 aromatic rings. The van der Waals surface area contributed by atoms with Gasteiger partial charge in [0, 0.05) is 17.1 Å². The van der Waals surface area contributed by atoms with Gasteiger partial charge in [0.2, 0.25) is 0 Å². The monoisotopic (exact) mass is 292 g/mol. The average Bonchev–Trinajstić information content (AvgIpc) is 2.80. The van der Waals surface area contributed by atoms with Crippen LogP contribution in [0.2, 0.25) is 5.02 Å². The highest BCUT2D eigenvalue weighted by atomic mass is 35.5. The number of aliphatic hydroxyl groups excluding tert-OH is 1. The van der Waals surface area contributed by atoms with Gasteiger partial charge in [0.15, 0.2) is 5.69 Å². The van der Waals surface area contributed by atoms with Crippen molar-refractivity contribution in [1.29, 1.82) is 0 Å². The minimum Gasteiger partial charge on any atom is -0.476 e. The predicted molar refractivity (Wildman–Crippen MR) is 73.8 cm³/mol. The van der Waals surface area contributed by atoms with E-state index in [4.69, 9.17) is 11.6 Å². The third kappa shape index (κ3) is 2.09. The van der Waals surface area contributed by atoms with Crippen LogP contribution in [0.25, 0.3) is 11.4 Å². The summed E-state index contributed by atoms with van der Waals surface area (Å²) in [5, 5.41) is 19.9. The topological polar surface area (TPSA) is 75.3 Å². The molecular formula is C14H13ClN2O3. The number of carboxylic acid groups (broad SMARTS) is 1. The molecule has 0 amide bonds. The van der Waals surface area contributed by atoms with Crippen molar-refractivity contribution >= 4 is 17.6 Å². The molecule has 0 bridgehead atoms. The zero-order valence-electron chi connectivity index (χ0n) is 10.6. The Kier molecular flexibility index (Phi) is 3.23. The normalized spacial score (nSPS) is 17.8. The molecule has 104 valence electrons. The Morgan fingerprint density at radius 2 is 2.25 bits per heavy atom. The fraction of sp³-hybridized carbons (Fsp3) is 0.286. The second kappa shape index (κ2) is 4.92. The predicted octanol–water partition coefficient (Wildman–Crippen LogP) is 2.73. The first kappa shape index (κ1) is 13.1. The summed E-state index contributed by atoms with van der Waals surface area (Å²) in [6.45, 7) is 0.647. The minimum atomic E-state index is -1.12. The highest BCUT2D eigenvalue weighted by molar-refractivity contribution is 6.30. The van der Waals surface area contributed by atoms with E-state index in [1.807, 2.05) is 6.07 Å². The fourth-order valence-corrected chi connectivity index (χ4v) is 2.80. The molecule has 1 unspecified atom stereocenters. The van der Waals surface area contributed by atoms with Crippen LogP contribution in [-0.2, 0) is 6.54 Å². The second-order valence-corrected chi connectivity index (χ2v) is 5.23. The fourth-order valence-electron chi connectivity index (χ4n) is 2.61. The molecule has 1 aliphatic rings. The standard InChI is InChI=1S/C14H13ClN2O3/c15-9-4-1-3-8(7-9)13-16-11(14(19)20)12-10(18)5-2-6-17(12)13/h1,3-4,7,10,18H,2,5-6H2,(H,19,20). The lowest BCUT2D eigenvalue weighted by atomic mass is 10.0. The Hall–Kier alpha value is -1.85. The summed E-state index contributed by atoms with van der Waals surface area (Å²) in [5.41, 5.74) is 1.06. The van der Waals surface area contributed by atoms with Crippen LogP contribution in [-0.4, -0.2) is 25.7 Å². The number of aromatic nitrogens is 2. The Balaban J connectivity index is 2.22. The molecule has 0 saturated carbocycles. The van der Waals surface area contributed by atoms with Gasteiger partial charge in [-0.2, -0.15) is 0 Å². The number of halogens is 1. The van der Waals surface area contributed by atoms with E-state index in [1.165, 1.54) is 0 Å². The lowest BCUT2D eigenvalue weighted by Gasteiger charge is -2.21. The molecule has 2 N–H and O–H groups in total. The third-order valence-corrected chi connectivity index (χ3v) is 3.70. The van der Waals surface area contributed by atoms with Gasteiger partial charge in [0.1, 0.15) is 5.82 Å². The van der Waals surface area contributed by atoms with Crippen molar-refractivity contribution in [3.63, 3.8) is 0 Å². The van der Waals surface area contributed by atoms with Crippen LogP contribution >= 0.6 is 11.6 Å². The summed E-state index contributed by atoms with van der Waals surface area (Å²) in [6, 6.07) is 7.11. The highest BCUT2D eigenvalue weighted by Crippen LogP contribution is 2.33. The first-order valence-electron chi connectivity index (χ1n) is 6.35. The van der Waals surface area contributed by atoms with Gasteiger partial charge in [-0.25, -0.2) is 9.78 Å². The van der Waals surface area contributed by atoms with Gasteiger partial charge in [-0.15, -0.1) is 0 Å². The first-order valence-corrected chi connectivity index (χ1v) is 6.73. The van der Waals surface area contributed by atoms with Crippen LogP contribution in [0.15, 0.2) is 24.3 Å². The Bertz CT molecular complexity index is 681. The number of rotatable bonds is 2. The smallest absolute Gasteiger partial charge is 0.356 e. The molecule has 1 aliphatic heterocycles. The molecule has 0 spiro atoms. The maximum atomic E-state index is 11.3. The minimum absolute atomic E-state index is 0.0767. The molecule has 1 atom stereocenters.